The number of hydrogen-bond acceptors (Lipinski definition) is 4. The molecule has 0 spiro atoms. The van der Waals surface area contributed by atoms with E-state index in [9.17, 15) is 0 Å². The molecule has 0 unspecified atom stereocenters. The van der Waals surface area contributed by atoms with Crippen LogP contribution < -0.4 is 5.32 Å². The Kier molecular flexibility index (Phi) is 3.35. The van der Waals surface area contributed by atoms with Crippen LogP contribution in [-0.4, -0.2) is 19.6 Å². The third-order valence-corrected chi connectivity index (χ3v) is 3.95. The Morgan fingerprint density at radius 1 is 1.09 bits per heavy atom. The second-order valence-corrected chi connectivity index (χ2v) is 5.65. The molecular formula is C17H14ClN5. The zero-order valence-electron chi connectivity index (χ0n) is 12.5. The van der Waals surface area contributed by atoms with Crippen LogP contribution in [0.15, 0.2) is 48.5 Å². The minimum atomic E-state index is 0.673. The van der Waals surface area contributed by atoms with E-state index in [4.69, 9.17) is 16.6 Å². The van der Waals surface area contributed by atoms with E-state index in [1.54, 1.807) is 0 Å². The fourth-order valence-electron chi connectivity index (χ4n) is 2.65. The maximum Gasteiger partial charge on any atom is 0.215 e. The van der Waals surface area contributed by atoms with E-state index in [1.807, 2.05) is 52.9 Å². The lowest BCUT2D eigenvalue weighted by Gasteiger charge is -2.11. The molecule has 0 fully saturated rings. The van der Waals surface area contributed by atoms with Gasteiger partial charge in [0.1, 0.15) is 5.82 Å². The van der Waals surface area contributed by atoms with Crippen LogP contribution in [0.2, 0.25) is 5.02 Å². The number of aryl methyl sites for hydroxylation is 1. The van der Waals surface area contributed by atoms with Gasteiger partial charge >= 0.3 is 0 Å². The van der Waals surface area contributed by atoms with Crippen LogP contribution in [0.4, 0.5) is 11.6 Å². The molecule has 2 aromatic heterocycles. The standard InChI is InChI=1S/C17H14ClN5/c1-2-15-21-22-16-13-8-3-4-9-14(13)20-17(23(15)16)19-12-7-5-6-11(18)10-12/h3-10H,2H2,1H3,(H,19,20). The Morgan fingerprint density at radius 2 is 1.96 bits per heavy atom. The Hall–Kier alpha value is -2.66. The average molecular weight is 324 g/mol. The van der Waals surface area contributed by atoms with Crippen molar-refractivity contribution in [1.29, 1.82) is 0 Å². The molecule has 4 aromatic rings. The predicted octanol–water partition coefficient (Wildman–Crippen LogP) is 4.24. The topological polar surface area (TPSA) is 55.1 Å². The highest BCUT2D eigenvalue weighted by atomic mass is 35.5. The maximum absolute atomic E-state index is 6.07. The fourth-order valence-corrected chi connectivity index (χ4v) is 2.84. The molecule has 4 rings (SSSR count). The molecule has 2 heterocycles. The number of nitrogens with zero attached hydrogens (tertiary/aromatic N) is 4. The highest BCUT2D eigenvalue weighted by Gasteiger charge is 2.14. The summed E-state index contributed by atoms with van der Waals surface area (Å²) in [5, 5.41) is 13.6. The number of rotatable bonds is 3. The van der Waals surface area contributed by atoms with Gasteiger partial charge in [0, 0.05) is 22.5 Å². The van der Waals surface area contributed by atoms with Crippen LogP contribution in [-0.2, 0) is 6.42 Å². The number of anilines is 2. The average Bonchev–Trinajstić information content (AvgIpc) is 3.00. The van der Waals surface area contributed by atoms with Crippen LogP contribution in [0, 0.1) is 0 Å². The first-order valence-corrected chi connectivity index (χ1v) is 7.79. The highest BCUT2D eigenvalue weighted by Crippen LogP contribution is 2.25. The van der Waals surface area contributed by atoms with Gasteiger partial charge in [0.25, 0.3) is 0 Å². The van der Waals surface area contributed by atoms with Gasteiger partial charge < -0.3 is 5.32 Å². The van der Waals surface area contributed by atoms with E-state index in [1.165, 1.54) is 0 Å². The molecule has 0 saturated heterocycles. The van der Waals surface area contributed by atoms with Crippen molar-refractivity contribution in [3.05, 3.63) is 59.4 Å². The molecule has 0 radical (unpaired) electrons. The van der Waals surface area contributed by atoms with Crippen molar-refractivity contribution < 1.29 is 0 Å². The van der Waals surface area contributed by atoms with Crippen LogP contribution in [0.3, 0.4) is 0 Å². The number of nitrogens with one attached hydrogen (secondary N) is 1. The van der Waals surface area contributed by atoms with Crippen molar-refractivity contribution in [1.82, 2.24) is 19.6 Å². The van der Waals surface area contributed by atoms with Crippen LogP contribution in [0.1, 0.15) is 12.7 Å². The first kappa shape index (κ1) is 14.0. The van der Waals surface area contributed by atoms with Crippen LogP contribution >= 0.6 is 11.6 Å². The molecule has 0 bridgehead atoms. The zero-order valence-corrected chi connectivity index (χ0v) is 13.2. The summed E-state index contributed by atoms with van der Waals surface area (Å²) >= 11 is 6.07. The summed E-state index contributed by atoms with van der Waals surface area (Å²) in [5.41, 5.74) is 2.55. The van der Waals surface area contributed by atoms with Gasteiger partial charge in [-0.25, -0.2) is 9.38 Å². The van der Waals surface area contributed by atoms with E-state index in [2.05, 4.69) is 22.4 Å². The number of aromatic nitrogens is 4. The summed E-state index contributed by atoms with van der Waals surface area (Å²) in [6.45, 7) is 2.05. The summed E-state index contributed by atoms with van der Waals surface area (Å²) in [7, 11) is 0. The third-order valence-electron chi connectivity index (χ3n) is 3.71. The summed E-state index contributed by atoms with van der Waals surface area (Å²) in [5.74, 6) is 1.55. The van der Waals surface area contributed by atoms with Crippen molar-refractivity contribution in [2.75, 3.05) is 5.32 Å². The maximum atomic E-state index is 6.07. The third kappa shape index (κ3) is 2.39. The van der Waals surface area contributed by atoms with E-state index in [0.717, 1.165) is 34.5 Å². The predicted molar refractivity (Wildman–Crippen MR) is 92.4 cm³/mol. The Balaban J connectivity index is 1.97. The van der Waals surface area contributed by atoms with E-state index in [0.29, 0.717) is 11.0 Å². The lowest BCUT2D eigenvalue weighted by Crippen LogP contribution is -2.05. The Morgan fingerprint density at radius 3 is 2.78 bits per heavy atom. The van der Waals surface area contributed by atoms with Crippen LogP contribution in [0.25, 0.3) is 16.6 Å². The Bertz CT molecular complexity index is 1010. The molecule has 6 heteroatoms. The molecule has 114 valence electrons. The molecular weight excluding hydrogens is 310 g/mol. The van der Waals surface area contributed by atoms with Crippen LogP contribution in [0.5, 0.6) is 0 Å². The van der Waals surface area contributed by atoms with Gasteiger partial charge in [-0.2, -0.15) is 0 Å². The van der Waals surface area contributed by atoms with Gasteiger partial charge in [0.05, 0.1) is 5.52 Å². The van der Waals surface area contributed by atoms with Gasteiger partial charge in [-0.05, 0) is 30.3 Å². The summed E-state index contributed by atoms with van der Waals surface area (Å²) in [4.78, 5) is 4.74. The monoisotopic (exact) mass is 323 g/mol. The SMILES string of the molecule is CCc1nnc2c3ccccc3nc(Nc3cccc(Cl)c3)n12. The van der Waals surface area contributed by atoms with Gasteiger partial charge in [-0.15, -0.1) is 10.2 Å². The van der Waals surface area contributed by atoms with Crippen molar-refractivity contribution in [3.8, 4) is 0 Å². The largest absolute Gasteiger partial charge is 0.325 e. The molecule has 0 aliphatic heterocycles. The fraction of sp³-hybridized carbons (Fsp3) is 0.118. The molecule has 1 N–H and O–H groups in total. The number of benzene rings is 2. The van der Waals surface area contributed by atoms with Gasteiger partial charge in [0.2, 0.25) is 5.95 Å². The van der Waals surface area contributed by atoms with E-state index < -0.39 is 0 Å². The smallest absolute Gasteiger partial charge is 0.215 e. The first-order chi connectivity index (χ1) is 11.3. The molecule has 5 nitrogen and oxygen atoms in total. The molecule has 23 heavy (non-hydrogen) atoms. The molecule has 0 saturated carbocycles. The second kappa shape index (κ2) is 5.52. The van der Waals surface area contributed by atoms with Gasteiger partial charge in [-0.3, -0.25) is 0 Å². The lowest BCUT2D eigenvalue weighted by atomic mass is 10.2. The van der Waals surface area contributed by atoms with Crippen molar-refractivity contribution in [3.63, 3.8) is 0 Å². The molecule has 0 aliphatic rings. The van der Waals surface area contributed by atoms with Crippen molar-refractivity contribution in [2.24, 2.45) is 0 Å². The molecule has 2 aromatic carbocycles. The van der Waals surface area contributed by atoms with Crippen molar-refractivity contribution in [2.45, 2.75) is 13.3 Å². The highest BCUT2D eigenvalue weighted by molar-refractivity contribution is 6.30. The van der Waals surface area contributed by atoms with E-state index in [-0.39, 0.29) is 0 Å². The van der Waals surface area contributed by atoms with Gasteiger partial charge in [0.15, 0.2) is 5.65 Å². The number of hydrogen-bond donors (Lipinski definition) is 1. The molecule has 0 aliphatic carbocycles. The Labute approximate surface area is 137 Å². The number of para-hydroxylation sites is 1. The summed E-state index contributed by atoms with van der Waals surface area (Å²) in [6, 6.07) is 15.5. The second-order valence-electron chi connectivity index (χ2n) is 5.22. The zero-order chi connectivity index (χ0) is 15.8. The molecule has 0 amide bonds. The number of fused-ring (bicyclic) bond motifs is 3. The summed E-state index contributed by atoms with van der Waals surface area (Å²) < 4.78 is 1.96. The minimum Gasteiger partial charge on any atom is -0.325 e. The summed E-state index contributed by atoms with van der Waals surface area (Å²) in [6.07, 6.45) is 0.769. The van der Waals surface area contributed by atoms with Crippen molar-refractivity contribution >= 4 is 39.8 Å². The molecule has 0 atom stereocenters. The van der Waals surface area contributed by atoms with E-state index >= 15 is 0 Å². The normalized spacial score (nSPS) is 11.2. The van der Waals surface area contributed by atoms with Gasteiger partial charge in [-0.1, -0.05) is 36.7 Å². The number of halogens is 1. The first-order valence-electron chi connectivity index (χ1n) is 7.41. The quantitative estimate of drug-likeness (QED) is 0.613. The lowest BCUT2D eigenvalue weighted by molar-refractivity contribution is 0.904. The minimum absolute atomic E-state index is 0.673.